The highest BCUT2D eigenvalue weighted by Crippen LogP contribution is 2.37. The van der Waals surface area contributed by atoms with Crippen molar-refractivity contribution in [2.45, 2.75) is 53.4 Å². The van der Waals surface area contributed by atoms with E-state index in [9.17, 15) is 14.4 Å². The highest BCUT2D eigenvalue weighted by Gasteiger charge is 2.35. The molecule has 0 saturated carbocycles. The molecule has 1 aromatic heterocycles. The summed E-state index contributed by atoms with van der Waals surface area (Å²) in [6.45, 7) is 9.69. The molecule has 0 bridgehead atoms. The van der Waals surface area contributed by atoms with Gasteiger partial charge in [-0.3, -0.25) is 9.36 Å². The van der Waals surface area contributed by atoms with Gasteiger partial charge in [0.2, 0.25) is 0 Å². The third-order valence-electron chi connectivity index (χ3n) is 7.27. The number of nitrogens with zero attached hydrogens (tertiary/aromatic N) is 2. The van der Waals surface area contributed by atoms with Crippen LogP contribution in [0.5, 0.6) is 11.5 Å². The van der Waals surface area contributed by atoms with Crippen LogP contribution in [0.15, 0.2) is 86.2 Å². The van der Waals surface area contributed by atoms with E-state index in [1.54, 1.807) is 63.2 Å². The average molecular weight is 754 g/mol. The number of para-hydroxylation sites is 1. The summed E-state index contributed by atoms with van der Waals surface area (Å²) >= 11 is 11.2. The molecule has 5 rings (SSSR count). The van der Waals surface area contributed by atoms with Crippen molar-refractivity contribution < 1.29 is 28.5 Å². The van der Waals surface area contributed by atoms with Gasteiger partial charge in [0, 0.05) is 16.1 Å². The molecule has 4 aromatic rings. The maximum atomic E-state index is 14.3. The summed E-state index contributed by atoms with van der Waals surface area (Å²) in [5, 5.41) is 0.435. The molecular formula is C36H34BrClN2O7S. The van der Waals surface area contributed by atoms with E-state index in [-0.39, 0.29) is 30.5 Å². The number of allylic oxidation sites excluding steroid dienone is 1. The van der Waals surface area contributed by atoms with E-state index in [0.29, 0.717) is 59.3 Å². The summed E-state index contributed by atoms with van der Waals surface area (Å²) in [5.74, 6) is 0.0719. The van der Waals surface area contributed by atoms with Crippen LogP contribution in [0.1, 0.15) is 67.7 Å². The van der Waals surface area contributed by atoms with Crippen molar-refractivity contribution >= 4 is 56.9 Å². The molecular weight excluding hydrogens is 720 g/mol. The Hall–Kier alpha value is -4.19. The van der Waals surface area contributed by atoms with Crippen molar-refractivity contribution in [3.8, 4) is 11.5 Å². The zero-order valence-corrected chi connectivity index (χ0v) is 30.2. The van der Waals surface area contributed by atoms with Crippen LogP contribution in [-0.4, -0.2) is 35.8 Å². The number of thiazole rings is 1. The normalized spacial score (nSPS) is 14.4. The van der Waals surface area contributed by atoms with Gasteiger partial charge in [-0.2, -0.15) is 0 Å². The summed E-state index contributed by atoms with van der Waals surface area (Å²) in [6.07, 6.45) is 1.56. The predicted molar refractivity (Wildman–Crippen MR) is 188 cm³/mol. The molecule has 0 aliphatic carbocycles. The fourth-order valence-electron chi connectivity index (χ4n) is 5.24. The molecule has 0 N–H and O–H groups in total. The number of benzene rings is 3. The van der Waals surface area contributed by atoms with Crippen molar-refractivity contribution in [1.29, 1.82) is 0 Å². The lowest BCUT2D eigenvalue weighted by Gasteiger charge is -2.26. The lowest BCUT2D eigenvalue weighted by molar-refractivity contribution is -0.139. The summed E-state index contributed by atoms with van der Waals surface area (Å²) in [4.78, 5) is 44.8. The first-order chi connectivity index (χ1) is 23.0. The van der Waals surface area contributed by atoms with Crippen LogP contribution in [0, 0.1) is 0 Å². The standard InChI is InChI=1S/C36H34BrClN2O7S/c1-6-44-34(42)23-14-12-22(13-15-23)19-46-32-24(16-25(38)18-27(32)37)17-29-33(41)40-31(26-10-8-9-11-28(26)47-20(3)4)30(35(43)45-7-2)21(5)39-36(40)48-29/h8-18,20,31H,6-7,19H2,1-5H3/b29-17-/t31-/m0/s1. The number of carbonyl (C=O) groups is 2. The molecule has 2 heterocycles. The number of hydrogen-bond donors (Lipinski definition) is 0. The molecule has 1 atom stereocenters. The Balaban J connectivity index is 1.60. The first kappa shape index (κ1) is 35.1. The van der Waals surface area contributed by atoms with Crippen LogP contribution >= 0.6 is 38.9 Å². The second-order valence-corrected chi connectivity index (χ2v) is 13.3. The van der Waals surface area contributed by atoms with Crippen molar-refractivity contribution in [3.63, 3.8) is 0 Å². The topological polar surface area (TPSA) is 105 Å². The monoisotopic (exact) mass is 752 g/mol. The highest BCUT2D eigenvalue weighted by molar-refractivity contribution is 9.10. The van der Waals surface area contributed by atoms with Crippen LogP contribution in [0.4, 0.5) is 0 Å². The van der Waals surface area contributed by atoms with Gasteiger partial charge in [0.25, 0.3) is 5.56 Å². The fraction of sp³-hybridized carbons (Fsp3) is 0.278. The van der Waals surface area contributed by atoms with Gasteiger partial charge >= 0.3 is 11.9 Å². The minimum absolute atomic E-state index is 0.145. The van der Waals surface area contributed by atoms with E-state index in [0.717, 1.165) is 5.56 Å². The molecule has 0 saturated heterocycles. The molecule has 0 fully saturated rings. The maximum Gasteiger partial charge on any atom is 0.338 e. The molecule has 1 aliphatic rings. The Labute approximate surface area is 295 Å². The third kappa shape index (κ3) is 7.59. The van der Waals surface area contributed by atoms with Crippen molar-refractivity contribution in [3.05, 3.63) is 123 Å². The number of hydrogen-bond acceptors (Lipinski definition) is 9. The fourth-order valence-corrected chi connectivity index (χ4v) is 7.23. The van der Waals surface area contributed by atoms with Crippen LogP contribution < -0.4 is 24.4 Å². The van der Waals surface area contributed by atoms with E-state index in [1.807, 2.05) is 38.1 Å². The van der Waals surface area contributed by atoms with Crippen LogP contribution in [-0.2, 0) is 20.9 Å². The molecule has 0 amide bonds. The summed E-state index contributed by atoms with van der Waals surface area (Å²) < 4.78 is 25.3. The lowest BCUT2D eigenvalue weighted by atomic mass is 9.95. The van der Waals surface area contributed by atoms with Gasteiger partial charge in [-0.25, -0.2) is 14.6 Å². The molecule has 0 unspecified atom stereocenters. The maximum absolute atomic E-state index is 14.3. The first-order valence-corrected chi connectivity index (χ1v) is 17.3. The minimum atomic E-state index is -0.836. The quantitative estimate of drug-likeness (QED) is 0.156. The molecule has 1 aliphatic heterocycles. The molecule has 0 spiro atoms. The highest BCUT2D eigenvalue weighted by atomic mass is 79.9. The molecule has 9 nitrogen and oxygen atoms in total. The molecule has 12 heteroatoms. The number of rotatable bonds is 11. The van der Waals surface area contributed by atoms with Gasteiger partial charge in [-0.05, 0) is 92.5 Å². The molecule has 48 heavy (non-hydrogen) atoms. The van der Waals surface area contributed by atoms with Crippen molar-refractivity contribution in [1.82, 2.24) is 4.57 Å². The van der Waals surface area contributed by atoms with Gasteiger partial charge < -0.3 is 18.9 Å². The SMILES string of the molecule is CCOC(=O)C1=C(C)N=c2s/c(=C\c3cc(Cl)cc(Br)c3OCc3ccc(C(=O)OCC)cc3)c(=O)n2[C@H]1c1ccccc1OC(C)C. The third-order valence-corrected chi connectivity index (χ3v) is 9.06. The Morgan fingerprint density at radius 2 is 1.73 bits per heavy atom. The van der Waals surface area contributed by atoms with Crippen LogP contribution in [0.3, 0.4) is 0 Å². The number of halogens is 2. The number of aromatic nitrogens is 1. The number of carbonyl (C=O) groups excluding carboxylic acids is 2. The second kappa shape index (κ2) is 15.4. The summed E-state index contributed by atoms with van der Waals surface area (Å²) in [6, 6.07) is 16.9. The molecule has 0 radical (unpaired) electrons. The van der Waals surface area contributed by atoms with E-state index < -0.39 is 18.0 Å². The molecule has 250 valence electrons. The Morgan fingerprint density at radius 3 is 2.42 bits per heavy atom. The van der Waals surface area contributed by atoms with Crippen LogP contribution in [0.25, 0.3) is 6.08 Å². The Bertz CT molecular complexity index is 2070. The van der Waals surface area contributed by atoms with E-state index >= 15 is 0 Å². The number of ether oxygens (including phenoxy) is 4. The van der Waals surface area contributed by atoms with E-state index in [2.05, 4.69) is 20.9 Å². The number of fused-ring (bicyclic) bond motifs is 1. The summed E-state index contributed by atoms with van der Waals surface area (Å²) in [7, 11) is 0. The van der Waals surface area contributed by atoms with Gasteiger partial charge in [0.15, 0.2) is 4.80 Å². The minimum Gasteiger partial charge on any atom is -0.491 e. The van der Waals surface area contributed by atoms with Gasteiger partial charge in [0.05, 0.1) is 45.2 Å². The second-order valence-electron chi connectivity index (χ2n) is 11.0. The predicted octanol–water partition coefficient (Wildman–Crippen LogP) is 6.76. The van der Waals surface area contributed by atoms with E-state index in [1.165, 1.54) is 15.9 Å². The lowest BCUT2D eigenvalue weighted by Crippen LogP contribution is -2.40. The smallest absolute Gasteiger partial charge is 0.338 e. The van der Waals surface area contributed by atoms with Crippen molar-refractivity contribution in [2.24, 2.45) is 4.99 Å². The zero-order chi connectivity index (χ0) is 34.5. The molecule has 3 aromatic carbocycles. The van der Waals surface area contributed by atoms with Crippen LogP contribution in [0.2, 0.25) is 5.02 Å². The summed E-state index contributed by atoms with van der Waals surface area (Å²) in [5.41, 5.74) is 2.83. The Kier molecular flexibility index (Phi) is 11.2. The average Bonchev–Trinajstić information content (AvgIpc) is 3.34. The first-order valence-electron chi connectivity index (χ1n) is 15.4. The zero-order valence-electron chi connectivity index (χ0n) is 27.0. The van der Waals surface area contributed by atoms with Crippen molar-refractivity contribution in [2.75, 3.05) is 13.2 Å². The van der Waals surface area contributed by atoms with Gasteiger partial charge in [0.1, 0.15) is 24.1 Å². The number of esters is 2. The van der Waals surface area contributed by atoms with Gasteiger partial charge in [-0.1, -0.05) is 53.3 Å². The van der Waals surface area contributed by atoms with E-state index in [4.69, 9.17) is 30.5 Å². The Morgan fingerprint density at radius 1 is 1.04 bits per heavy atom. The largest absolute Gasteiger partial charge is 0.491 e. The van der Waals surface area contributed by atoms with Gasteiger partial charge in [-0.15, -0.1) is 0 Å².